The summed E-state index contributed by atoms with van der Waals surface area (Å²) in [7, 11) is 1.88. The summed E-state index contributed by atoms with van der Waals surface area (Å²) in [6, 6.07) is 6.15. The number of aryl methyl sites for hydroxylation is 1. The fraction of sp³-hybridized carbons (Fsp3) is 0.400. The Morgan fingerprint density at radius 1 is 1.43 bits per heavy atom. The molecule has 0 saturated heterocycles. The SMILES string of the molecule is Cn1cc(CCNCC(O)COc2ccccc2F)cn1. The predicted octanol–water partition coefficient (Wildman–Crippen LogP) is 1.13. The van der Waals surface area contributed by atoms with E-state index in [1.165, 1.54) is 12.1 Å². The number of aliphatic hydroxyl groups excluding tert-OH is 1. The maximum absolute atomic E-state index is 13.3. The summed E-state index contributed by atoms with van der Waals surface area (Å²) >= 11 is 0. The Morgan fingerprint density at radius 3 is 2.95 bits per heavy atom. The third-order valence-electron chi connectivity index (χ3n) is 3.00. The molecule has 5 nitrogen and oxygen atoms in total. The fourth-order valence-electron chi connectivity index (χ4n) is 1.91. The Balaban J connectivity index is 1.61. The highest BCUT2D eigenvalue weighted by atomic mass is 19.1. The van der Waals surface area contributed by atoms with Crippen LogP contribution < -0.4 is 10.1 Å². The molecule has 0 amide bonds. The van der Waals surface area contributed by atoms with Crippen molar-refractivity contribution < 1.29 is 14.2 Å². The maximum atomic E-state index is 13.3. The normalized spacial score (nSPS) is 12.3. The Morgan fingerprint density at radius 2 is 2.24 bits per heavy atom. The summed E-state index contributed by atoms with van der Waals surface area (Å²) in [4.78, 5) is 0. The van der Waals surface area contributed by atoms with Crippen LogP contribution >= 0.6 is 0 Å². The van der Waals surface area contributed by atoms with Crippen LogP contribution in [-0.4, -0.2) is 40.7 Å². The van der Waals surface area contributed by atoms with Gasteiger partial charge in [-0.25, -0.2) is 4.39 Å². The van der Waals surface area contributed by atoms with E-state index in [0.717, 1.165) is 18.5 Å². The van der Waals surface area contributed by atoms with Gasteiger partial charge in [0.1, 0.15) is 12.7 Å². The third kappa shape index (κ3) is 5.17. The van der Waals surface area contributed by atoms with E-state index in [9.17, 15) is 9.50 Å². The summed E-state index contributed by atoms with van der Waals surface area (Å²) < 4.78 is 20.3. The molecule has 1 heterocycles. The van der Waals surface area contributed by atoms with Crippen molar-refractivity contribution in [2.24, 2.45) is 7.05 Å². The molecule has 0 saturated carbocycles. The molecule has 0 aliphatic rings. The van der Waals surface area contributed by atoms with E-state index in [-0.39, 0.29) is 12.4 Å². The fourth-order valence-corrected chi connectivity index (χ4v) is 1.91. The van der Waals surface area contributed by atoms with Gasteiger partial charge in [-0.15, -0.1) is 0 Å². The second-order valence-corrected chi connectivity index (χ2v) is 4.87. The first-order valence-corrected chi connectivity index (χ1v) is 6.89. The van der Waals surface area contributed by atoms with Crippen molar-refractivity contribution >= 4 is 0 Å². The van der Waals surface area contributed by atoms with Gasteiger partial charge in [-0.3, -0.25) is 4.68 Å². The van der Waals surface area contributed by atoms with Crippen LogP contribution in [0.2, 0.25) is 0 Å². The molecule has 2 rings (SSSR count). The van der Waals surface area contributed by atoms with Crippen molar-refractivity contribution in [1.82, 2.24) is 15.1 Å². The lowest BCUT2D eigenvalue weighted by Gasteiger charge is -2.13. The Labute approximate surface area is 123 Å². The summed E-state index contributed by atoms with van der Waals surface area (Å²) in [5, 5.41) is 17.0. The van der Waals surface area contributed by atoms with Crippen LogP contribution in [0.15, 0.2) is 36.7 Å². The number of nitrogens with zero attached hydrogens (tertiary/aromatic N) is 2. The largest absolute Gasteiger partial charge is 0.488 e. The van der Waals surface area contributed by atoms with Crippen molar-refractivity contribution in [3.8, 4) is 5.75 Å². The Bertz CT molecular complexity index is 559. The van der Waals surface area contributed by atoms with Crippen LogP contribution in [0.4, 0.5) is 4.39 Å². The monoisotopic (exact) mass is 293 g/mol. The molecular weight excluding hydrogens is 273 g/mol. The van der Waals surface area contributed by atoms with Gasteiger partial charge in [-0.2, -0.15) is 5.10 Å². The standard InChI is InChI=1S/C15H20FN3O2/c1-19-10-12(8-18-19)6-7-17-9-13(20)11-21-15-5-3-2-4-14(15)16/h2-5,8,10,13,17,20H,6-7,9,11H2,1H3. The first-order chi connectivity index (χ1) is 10.1. The molecule has 21 heavy (non-hydrogen) atoms. The molecule has 6 heteroatoms. The topological polar surface area (TPSA) is 59.3 Å². The van der Waals surface area contributed by atoms with Gasteiger partial charge in [0.25, 0.3) is 0 Å². The highest BCUT2D eigenvalue weighted by Gasteiger charge is 2.07. The summed E-state index contributed by atoms with van der Waals surface area (Å²) in [5.41, 5.74) is 1.14. The quantitative estimate of drug-likeness (QED) is 0.716. The number of rotatable bonds is 8. The summed E-state index contributed by atoms with van der Waals surface area (Å²) in [6.45, 7) is 1.19. The third-order valence-corrected chi connectivity index (χ3v) is 3.00. The van der Waals surface area contributed by atoms with Gasteiger partial charge >= 0.3 is 0 Å². The van der Waals surface area contributed by atoms with E-state index in [2.05, 4.69) is 10.4 Å². The number of benzene rings is 1. The second kappa shape index (κ2) is 7.75. The Kier molecular flexibility index (Phi) is 5.71. The highest BCUT2D eigenvalue weighted by molar-refractivity contribution is 5.23. The van der Waals surface area contributed by atoms with E-state index in [0.29, 0.717) is 6.54 Å². The average Bonchev–Trinajstić information content (AvgIpc) is 2.88. The van der Waals surface area contributed by atoms with Crippen LogP contribution in [0, 0.1) is 5.82 Å². The molecule has 0 spiro atoms. The smallest absolute Gasteiger partial charge is 0.165 e. The second-order valence-electron chi connectivity index (χ2n) is 4.87. The predicted molar refractivity (Wildman–Crippen MR) is 77.7 cm³/mol. The summed E-state index contributed by atoms with van der Waals surface area (Å²) in [5.74, 6) is -0.263. The minimum Gasteiger partial charge on any atom is -0.488 e. The van der Waals surface area contributed by atoms with Crippen molar-refractivity contribution in [2.45, 2.75) is 12.5 Å². The van der Waals surface area contributed by atoms with Crippen LogP contribution in [0.5, 0.6) is 5.75 Å². The van der Waals surface area contributed by atoms with E-state index in [1.807, 2.05) is 19.4 Å². The van der Waals surface area contributed by atoms with E-state index in [1.54, 1.807) is 16.8 Å². The van der Waals surface area contributed by atoms with E-state index >= 15 is 0 Å². The molecule has 1 aromatic heterocycles. The lowest BCUT2D eigenvalue weighted by atomic mass is 10.2. The molecule has 0 fully saturated rings. The van der Waals surface area contributed by atoms with E-state index in [4.69, 9.17) is 4.74 Å². The molecule has 1 unspecified atom stereocenters. The molecule has 0 radical (unpaired) electrons. The molecular formula is C15H20FN3O2. The van der Waals surface area contributed by atoms with Crippen molar-refractivity contribution in [3.63, 3.8) is 0 Å². The minimum absolute atomic E-state index is 0.0564. The zero-order chi connectivity index (χ0) is 15.1. The zero-order valence-electron chi connectivity index (χ0n) is 12.0. The van der Waals surface area contributed by atoms with Crippen molar-refractivity contribution in [1.29, 1.82) is 0 Å². The zero-order valence-corrected chi connectivity index (χ0v) is 12.0. The van der Waals surface area contributed by atoms with Gasteiger partial charge in [-0.05, 0) is 30.7 Å². The van der Waals surface area contributed by atoms with Crippen LogP contribution in [0.25, 0.3) is 0 Å². The van der Waals surface area contributed by atoms with Gasteiger partial charge in [0.2, 0.25) is 0 Å². The molecule has 0 aliphatic carbocycles. The van der Waals surface area contributed by atoms with Crippen LogP contribution in [0.1, 0.15) is 5.56 Å². The number of aliphatic hydroxyl groups is 1. The lowest BCUT2D eigenvalue weighted by molar-refractivity contribution is 0.104. The number of ether oxygens (including phenoxy) is 1. The minimum atomic E-state index is -0.682. The molecule has 2 aromatic rings. The highest BCUT2D eigenvalue weighted by Crippen LogP contribution is 2.15. The van der Waals surface area contributed by atoms with Crippen molar-refractivity contribution in [2.75, 3.05) is 19.7 Å². The lowest BCUT2D eigenvalue weighted by Crippen LogP contribution is -2.32. The molecule has 1 atom stereocenters. The molecule has 0 bridgehead atoms. The van der Waals surface area contributed by atoms with Crippen molar-refractivity contribution in [3.05, 3.63) is 48.0 Å². The van der Waals surface area contributed by atoms with Gasteiger partial charge < -0.3 is 15.2 Å². The van der Waals surface area contributed by atoms with Crippen LogP contribution in [0.3, 0.4) is 0 Å². The molecule has 1 aromatic carbocycles. The maximum Gasteiger partial charge on any atom is 0.165 e. The Hall–Kier alpha value is -1.92. The van der Waals surface area contributed by atoms with E-state index < -0.39 is 11.9 Å². The van der Waals surface area contributed by atoms with Crippen LogP contribution in [-0.2, 0) is 13.5 Å². The van der Waals surface area contributed by atoms with Gasteiger partial charge in [0, 0.05) is 19.8 Å². The summed E-state index contributed by atoms with van der Waals surface area (Å²) in [6.07, 6.45) is 3.94. The number of hydrogen-bond acceptors (Lipinski definition) is 4. The van der Waals surface area contributed by atoms with Gasteiger partial charge in [-0.1, -0.05) is 12.1 Å². The number of halogens is 1. The molecule has 0 aliphatic heterocycles. The average molecular weight is 293 g/mol. The van der Waals surface area contributed by atoms with Gasteiger partial charge in [0.15, 0.2) is 11.6 Å². The molecule has 2 N–H and O–H groups in total. The first-order valence-electron chi connectivity index (χ1n) is 6.89. The number of nitrogens with one attached hydrogen (secondary N) is 1. The first kappa shape index (κ1) is 15.5. The number of hydrogen-bond donors (Lipinski definition) is 2. The number of aromatic nitrogens is 2. The molecule has 114 valence electrons. The number of para-hydroxylation sites is 1. The van der Waals surface area contributed by atoms with Gasteiger partial charge in [0.05, 0.1) is 6.20 Å².